The van der Waals surface area contributed by atoms with E-state index in [1.165, 1.54) is 11.3 Å². The van der Waals surface area contributed by atoms with Crippen molar-refractivity contribution in [2.24, 2.45) is 0 Å². The highest BCUT2D eigenvalue weighted by atomic mass is 16.5. The highest BCUT2D eigenvalue weighted by Gasteiger charge is 2.22. The summed E-state index contributed by atoms with van der Waals surface area (Å²) in [4.78, 5) is 16.7. The van der Waals surface area contributed by atoms with E-state index in [2.05, 4.69) is 42.2 Å². The Hall–Kier alpha value is -3.20. The smallest absolute Gasteiger partial charge is 0.260 e. The number of hydrogen-bond donors (Lipinski definition) is 0. The summed E-state index contributed by atoms with van der Waals surface area (Å²) in [7, 11) is 0. The van der Waals surface area contributed by atoms with Crippen LogP contribution in [0.2, 0.25) is 0 Å². The molecule has 1 fully saturated rings. The molecule has 0 spiro atoms. The van der Waals surface area contributed by atoms with E-state index in [1.807, 2.05) is 11.8 Å². The Labute approximate surface area is 165 Å². The third-order valence-corrected chi connectivity index (χ3v) is 4.72. The number of nitriles is 1. The number of piperazine rings is 1. The summed E-state index contributed by atoms with van der Waals surface area (Å²) >= 11 is 0. The van der Waals surface area contributed by atoms with E-state index in [-0.39, 0.29) is 12.5 Å². The third-order valence-electron chi connectivity index (χ3n) is 4.72. The molecule has 6 heteroatoms. The van der Waals surface area contributed by atoms with Gasteiger partial charge in [0.2, 0.25) is 0 Å². The number of amides is 1. The average Bonchev–Trinajstić information content (AvgIpc) is 2.73. The summed E-state index contributed by atoms with van der Waals surface area (Å²) in [5, 5.41) is 9.02. The van der Waals surface area contributed by atoms with Gasteiger partial charge in [-0.05, 0) is 43.7 Å². The van der Waals surface area contributed by atoms with Crippen molar-refractivity contribution in [3.05, 3.63) is 53.6 Å². The Morgan fingerprint density at radius 1 is 1.07 bits per heavy atom. The number of rotatable bonds is 6. The maximum atomic E-state index is 12.6. The fourth-order valence-electron chi connectivity index (χ4n) is 3.23. The molecule has 1 aliphatic heterocycles. The molecule has 3 rings (SSSR count). The first-order valence-corrected chi connectivity index (χ1v) is 9.50. The highest BCUT2D eigenvalue weighted by molar-refractivity contribution is 5.78. The van der Waals surface area contributed by atoms with Gasteiger partial charge in [0.05, 0.1) is 18.2 Å². The molecule has 2 aromatic rings. The summed E-state index contributed by atoms with van der Waals surface area (Å²) < 4.78 is 11.2. The van der Waals surface area contributed by atoms with Gasteiger partial charge < -0.3 is 19.3 Å². The first-order valence-electron chi connectivity index (χ1n) is 9.50. The lowest BCUT2D eigenvalue weighted by molar-refractivity contribution is -0.133. The van der Waals surface area contributed by atoms with E-state index in [0.717, 1.165) is 13.1 Å². The second-order valence-electron chi connectivity index (χ2n) is 6.70. The second-order valence-corrected chi connectivity index (χ2v) is 6.70. The Morgan fingerprint density at radius 3 is 2.54 bits per heavy atom. The summed E-state index contributed by atoms with van der Waals surface area (Å²) in [6, 6.07) is 15.4. The molecule has 146 valence electrons. The molecule has 0 bridgehead atoms. The molecule has 0 radical (unpaired) electrons. The minimum absolute atomic E-state index is 0.0452. The van der Waals surface area contributed by atoms with Gasteiger partial charge in [-0.1, -0.05) is 12.1 Å². The van der Waals surface area contributed by atoms with Crippen LogP contribution in [0, 0.1) is 18.3 Å². The molecule has 0 unspecified atom stereocenters. The van der Waals surface area contributed by atoms with Gasteiger partial charge in [-0.3, -0.25) is 4.79 Å². The molecule has 1 aliphatic rings. The van der Waals surface area contributed by atoms with Gasteiger partial charge in [-0.25, -0.2) is 0 Å². The van der Waals surface area contributed by atoms with Crippen LogP contribution in [-0.2, 0) is 4.79 Å². The largest absolute Gasteiger partial charge is 0.490 e. The first kappa shape index (κ1) is 19.6. The SMILES string of the molecule is CCOc1cc(C#N)ccc1OCC(=O)N1CCN(c2cccc(C)c2)CC1. The Balaban J connectivity index is 1.54. The molecule has 0 atom stereocenters. The summed E-state index contributed by atoms with van der Waals surface area (Å²) in [5.74, 6) is 0.918. The minimum atomic E-state index is -0.0456. The van der Waals surface area contributed by atoms with Crippen LogP contribution in [0.5, 0.6) is 11.5 Å². The molecule has 1 amide bonds. The van der Waals surface area contributed by atoms with Crippen molar-refractivity contribution in [2.75, 3.05) is 44.3 Å². The van der Waals surface area contributed by atoms with Crippen LogP contribution in [0.3, 0.4) is 0 Å². The van der Waals surface area contributed by atoms with Gasteiger partial charge in [0.25, 0.3) is 5.91 Å². The Kier molecular flexibility index (Phi) is 6.38. The van der Waals surface area contributed by atoms with Crippen LogP contribution in [0.1, 0.15) is 18.1 Å². The summed E-state index contributed by atoms with van der Waals surface area (Å²) in [6.07, 6.45) is 0. The zero-order valence-electron chi connectivity index (χ0n) is 16.4. The number of aryl methyl sites for hydroxylation is 1. The topological polar surface area (TPSA) is 65.8 Å². The molecule has 2 aromatic carbocycles. The van der Waals surface area contributed by atoms with Gasteiger partial charge in [0.1, 0.15) is 0 Å². The van der Waals surface area contributed by atoms with Gasteiger partial charge in [0, 0.05) is 37.9 Å². The normalized spacial score (nSPS) is 13.8. The molecular formula is C22H25N3O3. The van der Waals surface area contributed by atoms with Crippen LogP contribution >= 0.6 is 0 Å². The van der Waals surface area contributed by atoms with Crippen LogP contribution in [0.25, 0.3) is 0 Å². The quantitative estimate of drug-likeness (QED) is 0.772. The number of carbonyl (C=O) groups is 1. The van der Waals surface area contributed by atoms with Crippen molar-refractivity contribution in [1.82, 2.24) is 4.90 Å². The van der Waals surface area contributed by atoms with E-state index in [4.69, 9.17) is 14.7 Å². The molecule has 0 aliphatic carbocycles. The van der Waals surface area contributed by atoms with Crippen LogP contribution in [0.4, 0.5) is 5.69 Å². The van der Waals surface area contributed by atoms with Crippen molar-refractivity contribution in [3.8, 4) is 17.6 Å². The van der Waals surface area contributed by atoms with Gasteiger partial charge in [-0.2, -0.15) is 5.26 Å². The highest BCUT2D eigenvalue weighted by Crippen LogP contribution is 2.28. The lowest BCUT2D eigenvalue weighted by Gasteiger charge is -2.36. The fourth-order valence-corrected chi connectivity index (χ4v) is 3.23. The number of hydrogen-bond acceptors (Lipinski definition) is 5. The standard InChI is InChI=1S/C22H25N3O3/c1-3-27-21-14-18(15-23)7-8-20(21)28-16-22(26)25-11-9-24(10-12-25)19-6-4-5-17(2)13-19/h4-8,13-14H,3,9-12,16H2,1-2H3. The average molecular weight is 379 g/mol. The number of carbonyl (C=O) groups excluding carboxylic acids is 1. The van der Waals surface area contributed by atoms with Crippen molar-refractivity contribution >= 4 is 11.6 Å². The molecule has 6 nitrogen and oxygen atoms in total. The van der Waals surface area contributed by atoms with Crippen LogP contribution in [0.15, 0.2) is 42.5 Å². The van der Waals surface area contributed by atoms with E-state index in [0.29, 0.717) is 36.8 Å². The zero-order chi connectivity index (χ0) is 19.9. The van der Waals surface area contributed by atoms with Crippen molar-refractivity contribution in [3.63, 3.8) is 0 Å². The molecule has 1 saturated heterocycles. The number of nitrogens with zero attached hydrogens (tertiary/aromatic N) is 3. The third kappa shape index (κ3) is 4.74. The van der Waals surface area contributed by atoms with E-state index in [1.54, 1.807) is 18.2 Å². The molecule has 0 saturated carbocycles. The lowest BCUT2D eigenvalue weighted by Crippen LogP contribution is -2.50. The fraction of sp³-hybridized carbons (Fsp3) is 0.364. The molecule has 1 heterocycles. The maximum Gasteiger partial charge on any atom is 0.260 e. The predicted molar refractivity (Wildman–Crippen MR) is 108 cm³/mol. The van der Waals surface area contributed by atoms with Crippen LogP contribution < -0.4 is 14.4 Å². The van der Waals surface area contributed by atoms with Crippen molar-refractivity contribution < 1.29 is 14.3 Å². The number of benzene rings is 2. The van der Waals surface area contributed by atoms with Gasteiger partial charge >= 0.3 is 0 Å². The lowest BCUT2D eigenvalue weighted by atomic mass is 10.2. The van der Waals surface area contributed by atoms with E-state index < -0.39 is 0 Å². The number of ether oxygens (including phenoxy) is 2. The predicted octanol–water partition coefficient (Wildman–Crippen LogP) is 2.99. The number of anilines is 1. The molecule has 0 aromatic heterocycles. The van der Waals surface area contributed by atoms with Crippen molar-refractivity contribution in [1.29, 1.82) is 5.26 Å². The summed E-state index contributed by atoms with van der Waals surface area (Å²) in [6.45, 7) is 7.30. The maximum absolute atomic E-state index is 12.6. The van der Waals surface area contributed by atoms with Crippen molar-refractivity contribution in [2.45, 2.75) is 13.8 Å². The Bertz CT molecular complexity index is 868. The molecular weight excluding hydrogens is 354 g/mol. The zero-order valence-corrected chi connectivity index (χ0v) is 16.4. The van der Waals surface area contributed by atoms with E-state index >= 15 is 0 Å². The monoisotopic (exact) mass is 379 g/mol. The van der Waals surface area contributed by atoms with E-state index in [9.17, 15) is 4.79 Å². The second kappa shape index (κ2) is 9.14. The molecule has 28 heavy (non-hydrogen) atoms. The van der Waals surface area contributed by atoms with Gasteiger partial charge in [0.15, 0.2) is 18.1 Å². The van der Waals surface area contributed by atoms with Gasteiger partial charge in [-0.15, -0.1) is 0 Å². The Morgan fingerprint density at radius 2 is 1.86 bits per heavy atom. The first-order chi connectivity index (χ1) is 13.6. The minimum Gasteiger partial charge on any atom is -0.490 e. The molecule has 0 N–H and O–H groups in total. The summed E-state index contributed by atoms with van der Waals surface area (Å²) in [5.41, 5.74) is 2.92. The van der Waals surface area contributed by atoms with Crippen LogP contribution in [-0.4, -0.2) is 50.2 Å².